The number of carbonyl (C=O) groups excluding carboxylic acids is 1. The number of amides is 1. The summed E-state index contributed by atoms with van der Waals surface area (Å²) in [5, 5.41) is 0.636. The number of anilines is 1. The normalized spacial score (nSPS) is 12.6. The molecular weight excluding hydrogens is 372 g/mol. The van der Waals surface area contributed by atoms with Crippen LogP contribution in [0.15, 0.2) is 54.7 Å². The maximum absolute atomic E-state index is 12.4. The van der Waals surface area contributed by atoms with Gasteiger partial charge in [-0.15, -0.1) is 0 Å². The first-order chi connectivity index (χ1) is 13.6. The highest BCUT2D eigenvalue weighted by molar-refractivity contribution is 6.30. The molecule has 2 heterocycles. The second-order valence-corrected chi connectivity index (χ2v) is 7.05. The zero-order valence-corrected chi connectivity index (χ0v) is 16.4. The lowest BCUT2D eigenvalue weighted by Crippen LogP contribution is -2.29. The first-order valence-corrected chi connectivity index (χ1v) is 9.32. The zero-order valence-electron chi connectivity index (χ0n) is 15.6. The minimum Gasteiger partial charge on any atom is -0.496 e. The summed E-state index contributed by atoms with van der Waals surface area (Å²) in [6, 6.07) is 15.4. The third-order valence-electron chi connectivity index (χ3n) is 4.84. The van der Waals surface area contributed by atoms with Gasteiger partial charge in [-0.1, -0.05) is 35.9 Å². The third-order valence-corrected chi connectivity index (χ3v) is 5.07. The molecule has 0 saturated heterocycles. The molecule has 0 atom stereocenters. The molecule has 4 rings (SSSR count). The number of rotatable bonds is 2. The second-order valence-electron chi connectivity index (χ2n) is 6.61. The maximum Gasteiger partial charge on any atom is 0.224 e. The third kappa shape index (κ3) is 3.39. The Hall–Kier alpha value is -3.11. The fraction of sp³-hybridized carbons (Fsp3) is 0.130. The van der Waals surface area contributed by atoms with Gasteiger partial charge in [0.2, 0.25) is 5.91 Å². The number of aromatic nitrogens is 1. The van der Waals surface area contributed by atoms with E-state index >= 15 is 0 Å². The van der Waals surface area contributed by atoms with Crippen molar-refractivity contribution in [3.05, 3.63) is 76.4 Å². The number of pyridine rings is 1. The Kier molecular flexibility index (Phi) is 4.88. The van der Waals surface area contributed by atoms with Crippen molar-refractivity contribution in [3.8, 4) is 17.0 Å². The molecule has 0 unspecified atom stereocenters. The van der Waals surface area contributed by atoms with Crippen LogP contribution in [0.4, 0.5) is 5.69 Å². The second kappa shape index (κ2) is 7.49. The molecule has 0 spiro atoms. The highest BCUT2D eigenvalue weighted by Crippen LogP contribution is 2.33. The molecule has 4 nitrogen and oxygen atoms in total. The Morgan fingerprint density at radius 2 is 1.89 bits per heavy atom. The minimum atomic E-state index is -0.0273. The molecule has 3 aromatic rings. The zero-order chi connectivity index (χ0) is 19.7. The lowest BCUT2D eigenvalue weighted by atomic mass is 10.00. The number of hydrogen-bond donors (Lipinski definition) is 0. The molecule has 5 heteroatoms. The lowest BCUT2D eigenvalue weighted by Gasteiger charge is -2.26. The predicted molar refractivity (Wildman–Crippen MR) is 113 cm³/mol. The molecule has 1 aliphatic rings. The fourth-order valence-corrected chi connectivity index (χ4v) is 3.60. The monoisotopic (exact) mass is 390 g/mol. The fourth-order valence-electron chi connectivity index (χ4n) is 3.42. The molecule has 0 saturated carbocycles. The number of halogens is 1. The first kappa shape index (κ1) is 18.3. The molecule has 0 fully saturated rings. The molecule has 1 amide bonds. The van der Waals surface area contributed by atoms with Crippen molar-refractivity contribution in [1.82, 2.24) is 4.98 Å². The quantitative estimate of drug-likeness (QED) is 0.584. The smallest absolute Gasteiger partial charge is 0.224 e. The van der Waals surface area contributed by atoms with E-state index in [1.54, 1.807) is 25.0 Å². The number of benzene rings is 2. The number of ether oxygens (including phenoxy) is 1. The summed E-state index contributed by atoms with van der Waals surface area (Å²) in [7, 11) is 1.65. The number of para-hydroxylation sites is 1. The van der Waals surface area contributed by atoms with Gasteiger partial charge in [0, 0.05) is 23.7 Å². The molecule has 1 aromatic heterocycles. The highest BCUT2D eigenvalue weighted by Gasteiger charge is 2.20. The van der Waals surface area contributed by atoms with E-state index in [2.05, 4.69) is 4.98 Å². The molecule has 0 N–H and O–H groups in total. The first-order valence-electron chi connectivity index (χ1n) is 8.95. The highest BCUT2D eigenvalue weighted by atomic mass is 35.5. The summed E-state index contributed by atoms with van der Waals surface area (Å²) in [6.45, 7) is 2.03. The van der Waals surface area contributed by atoms with Crippen molar-refractivity contribution >= 4 is 35.3 Å². The van der Waals surface area contributed by atoms with Gasteiger partial charge in [0.25, 0.3) is 0 Å². The summed E-state index contributed by atoms with van der Waals surface area (Å²) < 4.78 is 5.47. The molecule has 140 valence electrons. The Morgan fingerprint density at radius 3 is 2.68 bits per heavy atom. The Bertz CT molecular complexity index is 1090. The SMILES string of the molecule is COc1ccccc1-c1cc2c(cn1)C=Cc1cc(Cl)ccc1N(C(C)=O)C2. The summed E-state index contributed by atoms with van der Waals surface area (Å²) in [5.74, 6) is 0.736. The summed E-state index contributed by atoms with van der Waals surface area (Å²) in [6.07, 6.45) is 5.82. The molecule has 0 radical (unpaired) electrons. The van der Waals surface area contributed by atoms with Crippen LogP contribution >= 0.6 is 11.6 Å². The van der Waals surface area contributed by atoms with Crippen molar-refractivity contribution < 1.29 is 9.53 Å². The van der Waals surface area contributed by atoms with Crippen LogP contribution in [0.5, 0.6) is 5.75 Å². The van der Waals surface area contributed by atoms with Crippen molar-refractivity contribution in [3.63, 3.8) is 0 Å². The van der Waals surface area contributed by atoms with Gasteiger partial charge >= 0.3 is 0 Å². The van der Waals surface area contributed by atoms with Gasteiger partial charge in [0.1, 0.15) is 5.75 Å². The van der Waals surface area contributed by atoms with E-state index in [-0.39, 0.29) is 5.91 Å². The summed E-state index contributed by atoms with van der Waals surface area (Å²) in [5.41, 5.74) is 5.46. The van der Waals surface area contributed by atoms with Crippen LogP contribution in [0.25, 0.3) is 23.4 Å². The average Bonchev–Trinajstić information content (AvgIpc) is 2.69. The van der Waals surface area contributed by atoms with Crippen LogP contribution in [0, 0.1) is 0 Å². The van der Waals surface area contributed by atoms with Gasteiger partial charge in [-0.05, 0) is 53.1 Å². The Balaban J connectivity index is 1.85. The summed E-state index contributed by atoms with van der Waals surface area (Å²) >= 11 is 6.15. The van der Waals surface area contributed by atoms with Crippen LogP contribution in [0.3, 0.4) is 0 Å². The van der Waals surface area contributed by atoms with E-state index in [0.717, 1.165) is 39.4 Å². The van der Waals surface area contributed by atoms with Gasteiger partial charge in [0.05, 0.1) is 25.0 Å². The number of fused-ring (bicyclic) bond motifs is 2. The van der Waals surface area contributed by atoms with Crippen LogP contribution in [-0.2, 0) is 11.3 Å². The van der Waals surface area contributed by atoms with E-state index in [4.69, 9.17) is 16.3 Å². The number of carbonyl (C=O) groups is 1. The van der Waals surface area contributed by atoms with Gasteiger partial charge in [0.15, 0.2) is 0 Å². The van der Waals surface area contributed by atoms with Crippen molar-refractivity contribution in [2.24, 2.45) is 0 Å². The van der Waals surface area contributed by atoms with E-state index in [1.807, 2.05) is 60.8 Å². The number of hydrogen-bond acceptors (Lipinski definition) is 3. The topological polar surface area (TPSA) is 42.4 Å². The summed E-state index contributed by atoms with van der Waals surface area (Å²) in [4.78, 5) is 18.8. The molecule has 1 aliphatic heterocycles. The van der Waals surface area contributed by atoms with Gasteiger partial charge in [-0.25, -0.2) is 0 Å². The molecule has 2 aromatic carbocycles. The molecular formula is C23H19ClN2O2. The molecule has 0 aliphatic carbocycles. The van der Waals surface area contributed by atoms with Gasteiger partial charge in [-0.3, -0.25) is 9.78 Å². The van der Waals surface area contributed by atoms with Gasteiger partial charge < -0.3 is 9.64 Å². The van der Waals surface area contributed by atoms with Crippen molar-refractivity contribution in [1.29, 1.82) is 0 Å². The minimum absolute atomic E-state index is 0.0273. The van der Waals surface area contributed by atoms with E-state index < -0.39 is 0 Å². The predicted octanol–water partition coefficient (Wildman–Crippen LogP) is 5.45. The molecule has 0 bridgehead atoms. The molecule has 28 heavy (non-hydrogen) atoms. The standard InChI is InChI=1S/C23H19ClN2O2/c1-15(27)26-14-18-12-21(20-5-3-4-6-23(20)28-2)25-13-17(18)8-7-16-11-19(24)9-10-22(16)26/h3-13H,14H2,1-2H3. The van der Waals surface area contributed by atoms with Crippen LogP contribution < -0.4 is 9.64 Å². The van der Waals surface area contributed by atoms with E-state index in [9.17, 15) is 4.79 Å². The maximum atomic E-state index is 12.4. The van der Waals surface area contributed by atoms with Crippen molar-refractivity contribution in [2.45, 2.75) is 13.5 Å². The average molecular weight is 391 g/mol. The van der Waals surface area contributed by atoms with Crippen LogP contribution in [-0.4, -0.2) is 18.0 Å². The largest absolute Gasteiger partial charge is 0.496 e. The number of methoxy groups -OCH3 is 1. The number of nitrogens with zero attached hydrogens (tertiary/aromatic N) is 2. The van der Waals surface area contributed by atoms with Crippen molar-refractivity contribution in [2.75, 3.05) is 12.0 Å². The Labute approximate surface area is 169 Å². The van der Waals surface area contributed by atoms with Crippen LogP contribution in [0.2, 0.25) is 5.02 Å². The lowest BCUT2D eigenvalue weighted by molar-refractivity contribution is -0.116. The van der Waals surface area contributed by atoms with Gasteiger partial charge in [-0.2, -0.15) is 0 Å². The van der Waals surface area contributed by atoms with Crippen LogP contribution in [0.1, 0.15) is 23.6 Å². The van der Waals surface area contributed by atoms with E-state index in [1.165, 1.54) is 0 Å². The van der Waals surface area contributed by atoms with E-state index in [0.29, 0.717) is 11.6 Å². The Morgan fingerprint density at radius 1 is 1.11 bits per heavy atom.